The van der Waals surface area contributed by atoms with Gasteiger partial charge in [-0.15, -0.1) is 16.4 Å². The summed E-state index contributed by atoms with van der Waals surface area (Å²) in [5, 5.41) is 9.38. The third-order valence-electron chi connectivity index (χ3n) is 5.22. The second-order valence-corrected chi connectivity index (χ2v) is 8.09. The number of aromatic amines is 1. The highest BCUT2D eigenvalue weighted by Crippen LogP contribution is 2.39. The Bertz CT molecular complexity index is 1310. The standard InChI is InChI=1S/C21H15FN6OS/c22-13-7-5-12(6-8-13)19-26-27-21(29-19)28-10-9-15-17(24-11-23-15)18(28)20-25-14-3-1-2-4-16(14)30-20/h1-8,11,18H,9-10H2,(H,23,24)/t18-/m0/s1. The largest absolute Gasteiger partial charge is 0.403 e. The summed E-state index contributed by atoms with van der Waals surface area (Å²) >= 11 is 1.64. The zero-order chi connectivity index (χ0) is 20.1. The summed E-state index contributed by atoms with van der Waals surface area (Å²) in [6.07, 6.45) is 2.50. The van der Waals surface area contributed by atoms with Crippen molar-refractivity contribution in [1.82, 2.24) is 25.1 Å². The zero-order valence-electron chi connectivity index (χ0n) is 15.6. The molecule has 2 aromatic carbocycles. The number of hydrogen-bond donors (Lipinski definition) is 1. The predicted octanol–water partition coefficient (Wildman–Crippen LogP) is 4.36. The molecule has 3 aromatic heterocycles. The summed E-state index contributed by atoms with van der Waals surface area (Å²) in [5.74, 6) is 0.0392. The summed E-state index contributed by atoms with van der Waals surface area (Å²) in [4.78, 5) is 14.7. The molecule has 7 nitrogen and oxygen atoms in total. The number of aromatic nitrogens is 5. The van der Waals surface area contributed by atoms with Gasteiger partial charge in [-0.2, -0.15) is 0 Å². The number of hydrogen-bond acceptors (Lipinski definition) is 7. The quantitative estimate of drug-likeness (QED) is 0.469. The average molecular weight is 418 g/mol. The number of fused-ring (bicyclic) bond motifs is 2. The molecule has 0 amide bonds. The van der Waals surface area contributed by atoms with E-state index in [2.05, 4.69) is 26.2 Å². The number of nitrogens with zero attached hydrogens (tertiary/aromatic N) is 5. The summed E-state index contributed by atoms with van der Waals surface area (Å²) in [5.41, 5.74) is 3.64. The van der Waals surface area contributed by atoms with Crippen LogP contribution in [-0.2, 0) is 6.42 Å². The van der Waals surface area contributed by atoms with E-state index >= 15 is 0 Å². The second kappa shape index (κ2) is 6.74. The van der Waals surface area contributed by atoms with E-state index in [-0.39, 0.29) is 11.9 Å². The maximum atomic E-state index is 13.2. The Balaban J connectivity index is 1.43. The number of benzene rings is 2. The number of thiazole rings is 1. The normalized spacial score (nSPS) is 16.2. The molecule has 0 unspecified atom stereocenters. The van der Waals surface area contributed by atoms with Crippen LogP contribution in [0.1, 0.15) is 22.4 Å². The topological polar surface area (TPSA) is 83.7 Å². The van der Waals surface area contributed by atoms with Gasteiger partial charge in [0.25, 0.3) is 0 Å². The Hall–Kier alpha value is -3.59. The van der Waals surface area contributed by atoms with E-state index in [1.807, 2.05) is 23.1 Å². The minimum absolute atomic E-state index is 0.223. The number of imidazole rings is 1. The van der Waals surface area contributed by atoms with Gasteiger partial charge in [0.1, 0.15) is 16.9 Å². The van der Waals surface area contributed by atoms with Gasteiger partial charge in [-0.3, -0.25) is 0 Å². The molecule has 1 aliphatic rings. The van der Waals surface area contributed by atoms with Gasteiger partial charge in [0.15, 0.2) is 0 Å². The lowest BCUT2D eigenvalue weighted by Gasteiger charge is -2.32. The fourth-order valence-electron chi connectivity index (χ4n) is 3.78. The van der Waals surface area contributed by atoms with Crippen molar-refractivity contribution in [3.8, 4) is 11.5 Å². The van der Waals surface area contributed by atoms with Crippen LogP contribution in [0.2, 0.25) is 0 Å². The van der Waals surface area contributed by atoms with Crippen LogP contribution in [0.4, 0.5) is 10.4 Å². The van der Waals surface area contributed by atoms with Gasteiger partial charge < -0.3 is 14.3 Å². The molecule has 0 radical (unpaired) electrons. The van der Waals surface area contributed by atoms with Crippen LogP contribution in [0.3, 0.4) is 0 Å². The summed E-state index contributed by atoms with van der Waals surface area (Å²) < 4.78 is 20.3. The Kier molecular flexibility index (Phi) is 3.88. The Morgan fingerprint density at radius 1 is 1.10 bits per heavy atom. The first-order valence-electron chi connectivity index (χ1n) is 9.50. The van der Waals surface area contributed by atoms with E-state index in [1.165, 1.54) is 12.1 Å². The molecule has 0 saturated carbocycles. The van der Waals surface area contributed by atoms with Crippen LogP contribution >= 0.6 is 11.3 Å². The van der Waals surface area contributed by atoms with Crippen LogP contribution in [0, 0.1) is 5.82 Å². The summed E-state index contributed by atoms with van der Waals surface area (Å²) in [6, 6.07) is 14.2. The van der Waals surface area contributed by atoms with Crippen molar-refractivity contribution in [3.63, 3.8) is 0 Å². The molecule has 4 heterocycles. The molecular formula is C21H15FN6OS. The summed E-state index contributed by atoms with van der Waals surface area (Å²) in [6.45, 7) is 0.681. The van der Waals surface area contributed by atoms with E-state index < -0.39 is 0 Å². The molecule has 0 bridgehead atoms. The molecule has 30 heavy (non-hydrogen) atoms. The van der Waals surface area contributed by atoms with Crippen LogP contribution in [0.5, 0.6) is 0 Å². The first-order valence-corrected chi connectivity index (χ1v) is 10.3. The maximum absolute atomic E-state index is 13.2. The fourth-order valence-corrected chi connectivity index (χ4v) is 4.87. The molecule has 0 saturated heterocycles. The van der Waals surface area contributed by atoms with E-state index in [4.69, 9.17) is 9.40 Å². The van der Waals surface area contributed by atoms with Crippen LogP contribution < -0.4 is 4.90 Å². The average Bonchev–Trinajstić information content (AvgIpc) is 3.51. The first kappa shape index (κ1) is 17.3. The number of H-pyrrole nitrogens is 1. The smallest absolute Gasteiger partial charge is 0.319 e. The number of nitrogens with one attached hydrogen (secondary N) is 1. The van der Waals surface area contributed by atoms with Crippen molar-refractivity contribution in [2.75, 3.05) is 11.4 Å². The lowest BCUT2D eigenvalue weighted by atomic mass is 10.0. The molecule has 9 heteroatoms. The molecule has 5 aromatic rings. The minimum Gasteiger partial charge on any atom is -0.403 e. The van der Waals surface area contributed by atoms with Crippen LogP contribution in [0.25, 0.3) is 21.7 Å². The molecule has 1 atom stereocenters. The predicted molar refractivity (Wildman–Crippen MR) is 111 cm³/mol. The molecule has 1 aliphatic heterocycles. The summed E-state index contributed by atoms with van der Waals surface area (Å²) in [7, 11) is 0. The van der Waals surface area contributed by atoms with Crippen molar-refractivity contribution in [2.24, 2.45) is 0 Å². The number of rotatable bonds is 3. The lowest BCUT2D eigenvalue weighted by molar-refractivity contribution is 0.507. The fraction of sp³-hybridized carbons (Fsp3) is 0.143. The van der Waals surface area contributed by atoms with Gasteiger partial charge in [-0.1, -0.05) is 17.2 Å². The minimum atomic E-state index is -0.309. The number of anilines is 1. The molecule has 1 N–H and O–H groups in total. The van der Waals surface area contributed by atoms with Crippen molar-refractivity contribution in [2.45, 2.75) is 12.5 Å². The van der Waals surface area contributed by atoms with E-state index in [1.54, 1.807) is 29.8 Å². The van der Waals surface area contributed by atoms with Crippen molar-refractivity contribution >= 4 is 27.6 Å². The van der Waals surface area contributed by atoms with E-state index in [0.29, 0.717) is 24.0 Å². The molecule has 148 valence electrons. The lowest BCUT2D eigenvalue weighted by Crippen LogP contribution is -2.36. The maximum Gasteiger partial charge on any atom is 0.319 e. The second-order valence-electron chi connectivity index (χ2n) is 7.03. The van der Waals surface area contributed by atoms with Gasteiger partial charge in [0, 0.05) is 24.2 Å². The third kappa shape index (κ3) is 2.78. The molecule has 0 aliphatic carbocycles. The highest BCUT2D eigenvalue weighted by atomic mass is 32.1. The van der Waals surface area contributed by atoms with Gasteiger partial charge >= 0.3 is 6.01 Å². The number of halogens is 1. The van der Waals surface area contributed by atoms with Crippen molar-refractivity contribution < 1.29 is 8.81 Å². The van der Waals surface area contributed by atoms with Gasteiger partial charge in [-0.25, -0.2) is 14.4 Å². The first-order chi connectivity index (χ1) is 14.8. The van der Waals surface area contributed by atoms with Crippen LogP contribution in [-0.4, -0.2) is 31.7 Å². The van der Waals surface area contributed by atoms with E-state index in [9.17, 15) is 4.39 Å². The Morgan fingerprint density at radius 3 is 2.83 bits per heavy atom. The SMILES string of the molecule is Fc1ccc(-c2nnc(N3CCc4[nH]cnc4[C@H]3c3nc4ccccc4s3)o2)cc1. The van der Waals surface area contributed by atoms with Crippen LogP contribution in [0.15, 0.2) is 59.3 Å². The Morgan fingerprint density at radius 2 is 1.97 bits per heavy atom. The highest BCUT2D eigenvalue weighted by molar-refractivity contribution is 7.18. The highest BCUT2D eigenvalue weighted by Gasteiger charge is 2.36. The van der Waals surface area contributed by atoms with E-state index in [0.717, 1.165) is 33.0 Å². The molecule has 0 spiro atoms. The third-order valence-corrected chi connectivity index (χ3v) is 6.31. The van der Waals surface area contributed by atoms with Gasteiger partial charge in [-0.05, 0) is 36.4 Å². The zero-order valence-corrected chi connectivity index (χ0v) is 16.4. The molecule has 0 fully saturated rings. The number of para-hydroxylation sites is 1. The monoisotopic (exact) mass is 418 g/mol. The Labute approximate surface area is 174 Å². The van der Waals surface area contributed by atoms with Crippen molar-refractivity contribution in [1.29, 1.82) is 0 Å². The molecular weight excluding hydrogens is 403 g/mol. The molecule has 6 rings (SSSR count). The van der Waals surface area contributed by atoms with Gasteiger partial charge in [0.2, 0.25) is 5.89 Å². The van der Waals surface area contributed by atoms with Crippen molar-refractivity contribution in [3.05, 3.63) is 77.1 Å². The van der Waals surface area contributed by atoms with Gasteiger partial charge in [0.05, 0.1) is 22.2 Å².